The van der Waals surface area contributed by atoms with Gasteiger partial charge in [0.2, 0.25) is 11.8 Å². The molecule has 1 saturated heterocycles. The molecule has 1 aliphatic rings. The van der Waals surface area contributed by atoms with Crippen LogP contribution in [0.4, 0.5) is 11.4 Å². The van der Waals surface area contributed by atoms with E-state index >= 15 is 0 Å². The summed E-state index contributed by atoms with van der Waals surface area (Å²) in [5, 5.41) is 3.29. The van der Waals surface area contributed by atoms with Crippen LogP contribution in [0.5, 0.6) is 0 Å². The third-order valence-corrected chi connectivity index (χ3v) is 6.64. The Morgan fingerprint density at radius 1 is 1.03 bits per heavy atom. The number of anilines is 1. The number of halogens is 1. The average Bonchev–Trinajstić information content (AvgIpc) is 3.14. The number of nitrogens with one attached hydrogen (secondary N) is 1. The molecule has 1 fully saturated rings. The van der Waals surface area contributed by atoms with Crippen molar-refractivity contribution in [3.63, 3.8) is 0 Å². The van der Waals surface area contributed by atoms with Gasteiger partial charge in [-0.25, -0.2) is 9.79 Å². The van der Waals surface area contributed by atoms with Crippen molar-refractivity contribution >= 4 is 57.7 Å². The molecule has 178 valence electrons. The van der Waals surface area contributed by atoms with Crippen LogP contribution in [0.15, 0.2) is 83.9 Å². The monoisotopic (exact) mass is 507 g/mol. The van der Waals surface area contributed by atoms with Crippen molar-refractivity contribution in [3.8, 4) is 0 Å². The number of thioether (sulfide) groups is 1. The number of carbonyl (C=O) groups excluding carboxylic acids is 3. The lowest BCUT2D eigenvalue weighted by molar-refractivity contribution is -0.128. The molecule has 4 rings (SSSR count). The molecule has 1 unspecified atom stereocenters. The normalized spacial score (nSPS) is 16.4. The minimum absolute atomic E-state index is 0.0207. The minimum atomic E-state index is -0.612. The Hall–Kier alpha value is -3.62. The lowest BCUT2D eigenvalue weighted by Crippen LogP contribution is -2.33. The number of aliphatic imine (C=N–C) groups is 1. The number of hydrogen-bond acceptors (Lipinski definition) is 6. The highest BCUT2D eigenvalue weighted by molar-refractivity contribution is 8.15. The maximum Gasteiger partial charge on any atom is 0.337 e. The van der Waals surface area contributed by atoms with E-state index in [4.69, 9.17) is 11.6 Å². The number of methoxy groups -OCH3 is 1. The van der Waals surface area contributed by atoms with Crippen molar-refractivity contribution in [2.24, 2.45) is 4.99 Å². The summed E-state index contributed by atoms with van der Waals surface area (Å²) in [6.45, 7) is 0.353. The summed E-state index contributed by atoms with van der Waals surface area (Å²) < 4.78 is 4.68. The Labute approximate surface area is 212 Å². The Morgan fingerprint density at radius 3 is 2.37 bits per heavy atom. The molecular formula is C26H22ClN3O4S. The van der Waals surface area contributed by atoms with Crippen molar-refractivity contribution in [3.05, 3.63) is 95.0 Å². The second-order valence-electron chi connectivity index (χ2n) is 7.71. The largest absolute Gasteiger partial charge is 0.465 e. The van der Waals surface area contributed by atoms with E-state index in [0.29, 0.717) is 33.7 Å². The summed E-state index contributed by atoms with van der Waals surface area (Å²) >= 11 is 7.25. The van der Waals surface area contributed by atoms with Gasteiger partial charge in [0.1, 0.15) is 5.25 Å². The van der Waals surface area contributed by atoms with Crippen LogP contribution in [-0.2, 0) is 20.9 Å². The van der Waals surface area contributed by atoms with E-state index in [1.807, 2.05) is 30.3 Å². The molecule has 9 heteroatoms. The van der Waals surface area contributed by atoms with Crippen LogP contribution in [0.3, 0.4) is 0 Å². The predicted octanol–water partition coefficient (Wildman–Crippen LogP) is 5.29. The van der Waals surface area contributed by atoms with Gasteiger partial charge in [0, 0.05) is 17.1 Å². The summed E-state index contributed by atoms with van der Waals surface area (Å²) in [6.07, 6.45) is -0.0207. The van der Waals surface area contributed by atoms with E-state index in [1.165, 1.54) is 18.9 Å². The molecule has 0 spiro atoms. The van der Waals surface area contributed by atoms with Gasteiger partial charge in [-0.2, -0.15) is 0 Å². The maximum atomic E-state index is 13.3. The Morgan fingerprint density at radius 2 is 1.71 bits per heavy atom. The molecule has 0 aromatic heterocycles. The first-order valence-electron chi connectivity index (χ1n) is 10.8. The SMILES string of the molecule is COC(=O)c1ccc(NC(=O)CC2SC(=Nc3ccc(Cl)cc3)N(Cc3ccccc3)C2=O)cc1. The van der Waals surface area contributed by atoms with Crippen molar-refractivity contribution in [1.29, 1.82) is 0 Å². The second kappa shape index (κ2) is 11.2. The van der Waals surface area contributed by atoms with Crippen LogP contribution in [0.1, 0.15) is 22.3 Å². The van der Waals surface area contributed by atoms with E-state index in [1.54, 1.807) is 53.4 Å². The highest BCUT2D eigenvalue weighted by Gasteiger charge is 2.39. The minimum Gasteiger partial charge on any atom is -0.465 e. The zero-order valence-corrected chi connectivity index (χ0v) is 20.4. The van der Waals surface area contributed by atoms with Crippen LogP contribution >= 0.6 is 23.4 Å². The third-order valence-electron chi connectivity index (χ3n) is 5.22. The van der Waals surface area contributed by atoms with Crippen molar-refractivity contribution in [2.75, 3.05) is 12.4 Å². The Bertz CT molecular complexity index is 1250. The second-order valence-corrected chi connectivity index (χ2v) is 9.31. The fourth-order valence-corrected chi connectivity index (χ4v) is 4.73. The van der Waals surface area contributed by atoms with E-state index in [0.717, 1.165) is 5.56 Å². The molecule has 0 aliphatic carbocycles. The number of amidine groups is 1. The van der Waals surface area contributed by atoms with Crippen LogP contribution in [0.2, 0.25) is 5.02 Å². The molecule has 7 nitrogen and oxygen atoms in total. The van der Waals surface area contributed by atoms with Crippen LogP contribution in [-0.4, -0.2) is 40.2 Å². The van der Waals surface area contributed by atoms with Gasteiger partial charge in [0.25, 0.3) is 0 Å². The van der Waals surface area contributed by atoms with E-state index in [9.17, 15) is 14.4 Å². The van der Waals surface area contributed by atoms with Gasteiger partial charge in [-0.05, 0) is 54.1 Å². The summed E-state index contributed by atoms with van der Waals surface area (Å²) in [7, 11) is 1.31. The molecule has 1 aliphatic heterocycles. The number of hydrogen-bond donors (Lipinski definition) is 1. The van der Waals surface area contributed by atoms with Gasteiger partial charge in [-0.3, -0.25) is 14.5 Å². The van der Waals surface area contributed by atoms with Crippen molar-refractivity contribution in [2.45, 2.75) is 18.2 Å². The number of esters is 1. The third kappa shape index (κ3) is 6.29. The van der Waals surface area contributed by atoms with Crippen LogP contribution < -0.4 is 5.32 Å². The number of rotatable bonds is 7. The summed E-state index contributed by atoms with van der Waals surface area (Å²) in [4.78, 5) is 43.8. The summed E-state index contributed by atoms with van der Waals surface area (Å²) in [5.74, 6) is -0.946. The molecule has 35 heavy (non-hydrogen) atoms. The average molecular weight is 508 g/mol. The lowest BCUT2D eigenvalue weighted by Gasteiger charge is -2.16. The van der Waals surface area contributed by atoms with Gasteiger partial charge in [-0.15, -0.1) is 0 Å². The first-order valence-corrected chi connectivity index (χ1v) is 12.0. The van der Waals surface area contributed by atoms with Gasteiger partial charge in [-0.1, -0.05) is 53.7 Å². The molecule has 1 N–H and O–H groups in total. The Kier molecular flexibility index (Phi) is 7.84. The quantitative estimate of drug-likeness (QED) is 0.439. The zero-order valence-electron chi connectivity index (χ0n) is 18.8. The summed E-state index contributed by atoms with van der Waals surface area (Å²) in [6, 6.07) is 23.0. The maximum absolute atomic E-state index is 13.3. The first-order chi connectivity index (χ1) is 16.9. The van der Waals surface area contributed by atoms with Gasteiger partial charge >= 0.3 is 5.97 Å². The highest BCUT2D eigenvalue weighted by atomic mass is 35.5. The topological polar surface area (TPSA) is 88.1 Å². The molecule has 1 heterocycles. The van der Waals surface area contributed by atoms with Crippen LogP contribution in [0.25, 0.3) is 0 Å². The van der Waals surface area contributed by atoms with E-state index in [2.05, 4.69) is 15.0 Å². The molecule has 3 aromatic carbocycles. The van der Waals surface area contributed by atoms with Crippen molar-refractivity contribution in [1.82, 2.24) is 4.90 Å². The molecule has 0 bridgehead atoms. The standard InChI is InChI=1S/C26H22ClN3O4S/c1-34-25(33)18-7-11-20(12-8-18)28-23(31)15-22-24(32)30(16-17-5-3-2-4-6-17)26(35-22)29-21-13-9-19(27)10-14-21/h2-14,22H,15-16H2,1H3,(H,28,31). The molecule has 2 amide bonds. The highest BCUT2D eigenvalue weighted by Crippen LogP contribution is 2.33. The summed E-state index contributed by atoms with van der Waals surface area (Å²) in [5.41, 5.74) is 2.53. The number of ether oxygens (including phenoxy) is 1. The van der Waals surface area contributed by atoms with Gasteiger partial charge in [0.15, 0.2) is 5.17 Å². The number of carbonyl (C=O) groups is 3. The molecular weight excluding hydrogens is 486 g/mol. The number of benzene rings is 3. The lowest BCUT2D eigenvalue weighted by atomic mass is 10.2. The fourth-order valence-electron chi connectivity index (χ4n) is 3.45. The first kappa shape index (κ1) is 24.5. The fraction of sp³-hybridized carbons (Fsp3) is 0.154. The molecule has 3 aromatic rings. The zero-order chi connectivity index (χ0) is 24.8. The molecule has 0 radical (unpaired) electrons. The Balaban J connectivity index is 1.49. The number of amides is 2. The molecule has 1 atom stereocenters. The van der Waals surface area contributed by atoms with Crippen molar-refractivity contribution < 1.29 is 19.1 Å². The number of nitrogens with zero attached hydrogens (tertiary/aromatic N) is 2. The van der Waals surface area contributed by atoms with Gasteiger partial charge in [0.05, 0.1) is 24.9 Å². The van der Waals surface area contributed by atoms with Crippen LogP contribution in [0, 0.1) is 0 Å². The van der Waals surface area contributed by atoms with E-state index < -0.39 is 11.2 Å². The predicted molar refractivity (Wildman–Crippen MR) is 138 cm³/mol. The van der Waals surface area contributed by atoms with Gasteiger partial charge < -0.3 is 10.1 Å². The van der Waals surface area contributed by atoms with E-state index in [-0.39, 0.29) is 18.2 Å². The smallest absolute Gasteiger partial charge is 0.337 e. The molecule has 0 saturated carbocycles.